The summed E-state index contributed by atoms with van der Waals surface area (Å²) in [7, 11) is -2.60. The topological polar surface area (TPSA) is 79.0 Å². The van der Waals surface area contributed by atoms with Gasteiger partial charge in [0.1, 0.15) is 5.75 Å². The van der Waals surface area contributed by atoms with Crippen LogP contribution in [-0.2, 0) is 21.0 Å². The van der Waals surface area contributed by atoms with Crippen LogP contribution in [0.1, 0.15) is 38.7 Å². The first-order valence-corrected chi connectivity index (χ1v) is 13.2. The first-order valence-electron chi connectivity index (χ1n) is 11.8. The minimum absolute atomic E-state index is 0.155. The number of amides is 1. The number of piperidine rings is 1. The molecule has 1 aliphatic rings. The SMILES string of the molecule is COc1ccccc1NC(=O)CCN1CCC(N(C(C)C)S(=O)(=O)c2cccc(C(F)(F)F)c2)CC1. The molecule has 0 saturated carbocycles. The van der Waals surface area contributed by atoms with Gasteiger partial charge in [-0.05, 0) is 70.1 Å². The highest BCUT2D eigenvalue weighted by Crippen LogP contribution is 2.33. The number of rotatable bonds is 9. The first kappa shape index (κ1) is 27.9. The summed E-state index contributed by atoms with van der Waals surface area (Å²) < 4.78 is 72.7. The zero-order valence-electron chi connectivity index (χ0n) is 20.6. The van der Waals surface area contributed by atoms with Crippen LogP contribution in [0.4, 0.5) is 18.9 Å². The summed E-state index contributed by atoms with van der Waals surface area (Å²) in [6, 6.07) is 10.2. The fraction of sp³-hybridized carbons (Fsp3) is 0.480. The van der Waals surface area contributed by atoms with Crippen molar-refractivity contribution in [3.8, 4) is 5.75 Å². The third-order valence-corrected chi connectivity index (χ3v) is 8.32. The van der Waals surface area contributed by atoms with Gasteiger partial charge in [-0.25, -0.2) is 8.42 Å². The third-order valence-electron chi connectivity index (χ3n) is 6.20. The van der Waals surface area contributed by atoms with Gasteiger partial charge in [0.25, 0.3) is 0 Å². The van der Waals surface area contributed by atoms with Gasteiger partial charge in [-0.2, -0.15) is 17.5 Å². The smallest absolute Gasteiger partial charge is 0.416 e. The van der Waals surface area contributed by atoms with E-state index in [4.69, 9.17) is 4.74 Å². The largest absolute Gasteiger partial charge is 0.495 e. The van der Waals surface area contributed by atoms with Gasteiger partial charge in [0.2, 0.25) is 15.9 Å². The Morgan fingerprint density at radius 1 is 1.14 bits per heavy atom. The molecule has 0 aromatic heterocycles. The molecular weight excluding hydrogens is 495 g/mol. The van der Waals surface area contributed by atoms with Gasteiger partial charge in [0.05, 0.1) is 23.3 Å². The molecule has 0 aliphatic carbocycles. The molecule has 1 fully saturated rings. The molecule has 0 spiro atoms. The van der Waals surface area contributed by atoms with Gasteiger partial charge in [-0.1, -0.05) is 18.2 Å². The van der Waals surface area contributed by atoms with Crippen molar-refractivity contribution in [2.45, 2.75) is 56.3 Å². The highest BCUT2D eigenvalue weighted by Gasteiger charge is 2.37. The van der Waals surface area contributed by atoms with Crippen LogP contribution in [0.3, 0.4) is 0 Å². The molecule has 0 radical (unpaired) electrons. The zero-order valence-corrected chi connectivity index (χ0v) is 21.4. The van der Waals surface area contributed by atoms with Crippen molar-refractivity contribution in [1.82, 2.24) is 9.21 Å². The highest BCUT2D eigenvalue weighted by molar-refractivity contribution is 7.89. The summed E-state index contributed by atoms with van der Waals surface area (Å²) in [5.41, 5.74) is -0.399. The number of carbonyl (C=O) groups is 1. The Hall–Kier alpha value is -2.63. The van der Waals surface area contributed by atoms with Gasteiger partial charge in [0, 0.05) is 25.0 Å². The summed E-state index contributed by atoms with van der Waals surface area (Å²) in [5.74, 6) is 0.417. The van der Waals surface area contributed by atoms with Crippen LogP contribution in [0.15, 0.2) is 53.4 Å². The Labute approximate surface area is 210 Å². The molecule has 11 heteroatoms. The average Bonchev–Trinajstić information content (AvgIpc) is 2.83. The standard InChI is InChI=1S/C25H32F3N3O4S/c1-18(2)31(36(33,34)21-8-6-7-19(17-21)25(26,27)28)20-11-14-30(15-12-20)16-13-24(32)29-22-9-4-5-10-23(22)35-3/h4-10,17-18,20H,11-16H2,1-3H3,(H,29,32). The Morgan fingerprint density at radius 2 is 1.81 bits per heavy atom. The van der Waals surface area contributed by atoms with Crippen molar-refractivity contribution in [2.75, 3.05) is 32.1 Å². The molecule has 1 saturated heterocycles. The van der Waals surface area contributed by atoms with Crippen molar-refractivity contribution in [2.24, 2.45) is 0 Å². The van der Waals surface area contributed by atoms with Crippen LogP contribution >= 0.6 is 0 Å². The van der Waals surface area contributed by atoms with Crippen molar-refractivity contribution >= 4 is 21.6 Å². The van der Waals surface area contributed by atoms with Gasteiger partial charge in [0.15, 0.2) is 0 Å². The fourth-order valence-electron chi connectivity index (χ4n) is 4.47. The maximum absolute atomic E-state index is 13.4. The van der Waals surface area contributed by atoms with Crippen LogP contribution in [0.2, 0.25) is 0 Å². The second kappa shape index (κ2) is 11.6. The van der Waals surface area contributed by atoms with E-state index in [9.17, 15) is 26.4 Å². The molecule has 2 aromatic carbocycles. The molecule has 1 heterocycles. The maximum atomic E-state index is 13.4. The lowest BCUT2D eigenvalue weighted by Crippen LogP contribution is -2.50. The number of methoxy groups -OCH3 is 1. The molecule has 0 atom stereocenters. The number of benzene rings is 2. The molecule has 198 valence electrons. The summed E-state index contributed by atoms with van der Waals surface area (Å²) in [5, 5.41) is 2.84. The molecule has 1 amide bonds. The van der Waals surface area contributed by atoms with Gasteiger partial charge in [-0.15, -0.1) is 0 Å². The van der Waals surface area contributed by atoms with E-state index >= 15 is 0 Å². The Balaban J connectivity index is 1.61. The third kappa shape index (κ3) is 6.77. The van der Waals surface area contributed by atoms with Crippen LogP contribution in [0.25, 0.3) is 0 Å². The number of carbonyl (C=O) groups excluding carboxylic acids is 1. The summed E-state index contributed by atoms with van der Waals surface area (Å²) >= 11 is 0. The number of hydrogen-bond acceptors (Lipinski definition) is 5. The number of nitrogens with one attached hydrogen (secondary N) is 1. The lowest BCUT2D eigenvalue weighted by atomic mass is 10.0. The molecule has 1 aliphatic heterocycles. The van der Waals surface area contributed by atoms with E-state index in [2.05, 4.69) is 10.2 Å². The minimum Gasteiger partial charge on any atom is -0.495 e. The monoisotopic (exact) mass is 527 g/mol. The number of alkyl halides is 3. The van der Waals surface area contributed by atoms with E-state index in [1.54, 1.807) is 32.0 Å². The second-order valence-electron chi connectivity index (χ2n) is 9.03. The Bertz CT molecular complexity index is 1150. The summed E-state index contributed by atoms with van der Waals surface area (Å²) in [6.45, 7) is 5.11. The van der Waals surface area contributed by atoms with Crippen molar-refractivity contribution in [3.63, 3.8) is 0 Å². The lowest BCUT2D eigenvalue weighted by Gasteiger charge is -2.39. The number of nitrogens with zero attached hydrogens (tertiary/aromatic N) is 2. The quantitative estimate of drug-likeness (QED) is 0.516. The second-order valence-corrected chi connectivity index (χ2v) is 10.9. The number of halogens is 3. The first-order chi connectivity index (χ1) is 16.9. The number of hydrogen-bond donors (Lipinski definition) is 1. The highest BCUT2D eigenvalue weighted by atomic mass is 32.2. The Morgan fingerprint density at radius 3 is 2.42 bits per heavy atom. The predicted octanol–water partition coefficient (Wildman–Crippen LogP) is 4.61. The summed E-state index contributed by atoms with van der Waals surface area (Å²) in [4.78, 5) is 14.1. The van der Waals surface area contributed by atoms with Crippen LogP contribution < -0.4 is 10.1 Å². The molecule has 0 unspecified atom stereocenters. The average molecular weight is 528 g/mol. The van der Waals surface area contributed by atoms with Crippen LogP contribution in [0.5, 0.6) is 5.75 Å². The number of sulfonamides is 1. The fourth-order valence-corrected chi connectivity index (χ4v) is 6.40. The zero-order chi connectivity index (χ0) is 26.5. The predicted molar refractivity (Wildman–Crippen MR) is 131 cm³/mol. The van der Waals surface area contributed by atoms with Crippen molar-refractivity contribution in [3.05, 3.63) is 54.1 Å². The minimum atomic E-state index is -4.63. The molecule has 0 bridgehead atoms. The van der Waals surface area contributed by atoms with Gasteiger partial charge in [-0.3, -0.25) is 4.79 Å². The number of anilines is 1. The Kier molecular flexibility index (Phi) is 9.02. The molecule has 7 nitrogen and oxygen atoms in total. The van der Waals surface area contributed by atoms with Crippen LogP contribution in [0, 0.1) is 0 Å². The van der Waals surface area contributed by atoms with Crippen molar-refractivity contribution < 1.29 is 31.1 Å². The van der Waals surface area contributed by atoms with E-state index in [1.807, 2.05) is 6.07 Å². The molecule has 3 rings (SSSR count). The van der Waals surface area contributed by atoms with E-state index < -0.39 is 27.8 Å². The van der Waals surface area contributed by atoms with E-state index in [0.717, 1.165) is 12.1 Å². The number of para-hydroxylation sites is 2. The molecule has 1 N–H and O–H groups in total. The number of likely N-dealkylation sites (tertiary alicyclic amines) is 1. The normalized spacial score (nSPS) is 15.9. The van der Waals surface area contributed by atoms with Crippen LogP contribution in [-0.4, -0.2) is 62.4 Å². The van der Waals surface area contributed by atoms with E-state index in [-0.39, 0.29) is 23.3 Å². The summed E-state index contributed by atoms with van der Waals surface area (Å²) in [6.07, 6.45) is -3.33. The van der Waals surface area contributed by atoms with E-state index in [1.165, 1.54) is 17.5 Å². The maximum Gasteiger partial charge on any atom is 0.416 e. The van der Waals surface area contributed by atoms with Gasteiger partial charge < -0.3 is 15.0 Å². The molecular formula is C25H32F3N3O4S. The van der Waals surface area contributed by atoms with Crippen molar-refractivity contribution in [1.29, 1.82) is 0 Å². The number of ether oxygens (including phenoxy) is 1. The van der Waals surface area contributed by atoms with E-state index in [0.29, 0.717) is 50.0 Å². The van der Waals surface area contributed by atoms with Gasteiger partial charge >= 0.3 is 6.18 Å². The molecule has 36 heavy (non-hydrogen) atoms. The lowest BCUT2D eigenvalue weighted by molar-refractivity contribution is -0.137. The molecule has 2 aromatic rings.